The first-order chi connectivity index (χ1) is 16.2. The van der Waals surface area contributed by atoms with Crippen molar-refractivity contribution in [2.45, 2.75) is 30.5 Å². The predicted octanol–water partition coefficient (Wildman–Crippen LogP) is -1.07. The third kappa shape index (κ3) is 6.40. The lowest BCUT2D eigenvalue weighted by molar-refractivity contribution is 0.204. The van der Waals surface area contributed by atoms with E-state index in [1.807, 2.05) is 0 Å². The Labute approximate surface area is 193 Å². The molecule has 0 bridgehead atoms. The number of hydrogen-bond acceptors (Lipinski definition) is 12. The van der Waals surface area contributed by atoms with Crippen molar-refractivity contribution in [2.24, 2.45) is 0 Å². The fourth-order valence-electron chi connectivity index (χ4n) is 3.81. The Morgan fingerprint density at radius 3 is 1.21 bits per heavy atom. The van der Waals surface area contributed by atoms with Gasteiger partial charge in [0.25, 0.3) is 0 Å². The van der Waals surface area contributed by atoms with E-state index in [1.54, 1.807) is 7.11 Å². The summed E-state index contributed by atoms with van der Waals surface area (Å²) in [6.07, 6.45) is 1.07. The van der Waals surface area contributed by atoms with Gasteiger partial charge in [-0.1, -0.05) is 0 Å². The van der Waals surface area contributed by atoms with Crippen molar-refractivity contribution in [3.05, 3.63) is 0 Å². The lowest BCUT2D eigenvalue weighted by atomic mass is 10.3. The minimum absolute atomic E-state index is 0.206. The molecule has 33 heavy (non-hydrogen) atoms. The maximum atomic E-state index is 5.51. The molecule has 0 N–H and O–H groups in total. The lowest BCUT2D eigenvalue weighted by Gasteiger charge is -2.28. The Kier molecular flexibility index (Phi) is 6.20. The van der Waals surface area contributed by atoms with Gasteiger partial charge in [0.2, 0.25) is 17.8 Å². The van der Waals surface area contributed by atoms with Crippen molar-refractivity contribution >= 4 is 17.8 Å². The van der Waals surface area contributed by atoms with Gasteiger partial charge in [-0.25, -0.2) is 0 Å². The van der Waals surface area contributed by atoms with Gasteiger partial charge in [0.05, 0.1) is 70.2 Å². The van der Waals surface area contributed by atoms with Crippen LogP contribution >= 0.6 is 0 Å². The highest BCUT2D eigenvalue weighted by Gasteiger charge is 2.36. The topological polar surface area (TPSA) is 120 Å². The molecule has 0 aliphatic carbocycles. The van der Waals surface area contributed by atoms with Gasteiger partial charge in [-0.3, -0.25) is 0 Å². The van der Waals surface area contributed by atoms with Crippen molar-refractivity contribution < 1.29 is 28.4 Å². The molecular formula is C21H32N6O6. The van der Waals surface area contributed by atoms with Crippen LogP contribution in [0.3, 0.4) is 0 Å². The highest BCUT2D eigenvalue weighted by atomic mass is 16.6. The number of nitrogens with zero attached hydrogens (tertiary/aromatic N) is 6. The van der Waals surface area contributed by atoms with Crippen LogP contribution in [0.25, 0.3) is 0 Å². The standard InChI is InChI=1S/C21H32N6O6/c1-28-3-2-25(4-14-9-29-14)19-22-20(26(5-15-10-30-15)6-16-11-31-16)24-21(23-19)27(7-17-12-32-17)8-18-13-33-18/h14-18H,2-13H2,1H3. The van der Waals surface area contributed by atoms with E-state index in [-0.39, 0.29) is 30.5 Å². The van der Waals surface area contributed by atoms with Gasteiger partial charge in [0.15, 0.2) is 0 Å². The molecule has 5 aliphatic heterocycles. The van der Waals surface area contributed by atoms with E-state index < -0.39 is 0 Å². The van der Waals surface area contributed by atoms with Gasteiger partial charge in [-0.15, -0.1) is 0 Å². The Balaban J connectivity index is 1.31. The second-order valence-electron chi connectivity index (χ2n) is 9.26. The molecule has 5 unspecified atom stereocenters. The van der Waals surface area contributed by atoms with E-state index in [9.17, 15) is 0 Å². The normalized spacial score (nSPS) is 30.6. The molecule has 5 saturated heterocycles. The SMILES string of the molecule is COCCN(CC1CO1)c1nc(N(CC2CO2)CC2CO2)nc(N(CC2CO2)CC2CO2)n1. The summed E-state index contributed by atoms with van der Waals surface area (Å²) in [5.41, 5.74) is 0. The third-order valence-electron chi connectivity index (χ3n) is 6.15. The number of aromatic nitrogens is 3. The van der Waals surface area contributed by atoms with E-state index >= 15 is 0 Å². The quantitative estimate of drug-likeness (QED) is 0.277. The van der Waals surface area contributed by atoms with Crippen LogP contribution in [0.1, 0.15) is 0 Å². The monoisotopic (exact) mass is 464 g/mol. The van der Waals surface area contributed by atoms with Crippen LogP contribution < -0.4 is 14.7 Å². The molecule has 0 spiro atoms. The molecule has 5 aliphatic rings. The second kappa shape index (κ2) is 9.43. The van der Waals surface area contributed by atoms with Gasteiger partial charge in [0, 0.05) is 46.4 Å². The first-order valence-electron chi connectivity index (χ1n) is 11.8. The number of anilines is 3. The molecule has 1 aromatic heterocycles. The average molecular weight is 465 g/mol. The molecule has 5 fully saturated rings. The number of epoxide rings is 5. The third-order valence-corrected chi connectivity index (χ3v) is 6.15. The largest absolute Gasteiger partial charge is 0.383 e. The van der Waals surface area contributed by atoms with Gasteiger partial charge >= 0.3 is 0 Å². The average Bonchev–Trinajstić information content (AvgIpc) is 3.60. The van der Waals surface area contributed by atoms with E-state index in [0.29, 0.717) is 31.0 Å². The summed E-state index contributed by atoms with van der Waals surface area (Å²) >= 11 is 0. The molecule has 0 amide bonds. The minimum Gasteiger partial charge on any atom is -0.383 e. The van der Waals surface area contributed by atoms with Crippen molar-refractivity contribution in [3.63, 3.8) is 0 Å². The summed E-state index contributed by atoms with van der Waals surface area (Å²) < 4.78 is 32.9. The lowest BCUT2D eigenvalue weighted by Crippen LogP contribution is -2.38. The van der Waals surface area contributed by atoms with E-state index in [2.05, 4.69) is 14.7 Å². The zero-order chi connectivity index (χ0) is 22.2. The van der Waals surface area contributed by atoms with Crippen LogP contribution in [0.4, 0.5) is 17.8 Å². The van der Waals surface area contributed by atoms with Crippen LogP contribution in [-0.2, 0) is 28.4 Å². The maximum absolute atomic E-state index is 5.51. The Hall–Kier alpha value is -1.83. The van der Waals surface area contributed by atoms with Gasteiger partial charge in [-0.05, 0) is 0 Å². The number of hydrogen-bond donors (Lipinski definition) is 0. The fraction of sp³-hybridized carbons (Fsp3) is 0.857. The molecular weight excluding hydrogens is 432 g/mol. The van der Waals surface area contributed by atoms with Gasteiger partial charge < -0.3 is 43.1 Å². The number of rotatable bonds is 16. The van der Waals surface area contributed by atoms with Crippen LogP contribution in [0.15, 0.2) is 0 Å². The molecule has 12 nitrogen and oxygen atoms in total. The van der Waals surface area contributed by atoms with E-state index in [0.717, 1.165) is 65.8 Å². The Morgan fingerprint density at radius 1 is 0.606 bits per heavy atom. The summed E-state index contributed by atoms with van der Waals surface area (Å²) in [7, 11) is 1.70. The van der Waals surface area contributed by atoms with Crippen LogP contribution in [-0.4, -0.2) is 131 Å². The Bertz CT molecular complexity index is 736. The number of methoxy groups -OCH3 is 1. The van der Waals surface area contributed by atoms with Gasteiger partial charge in [0.1, 0.15) is 0 Å². The Morgan fingerprint density at radius 2 is 0.909 bits per heavy atom. The molecule has 182 valence electrons. The molecule has 1 aromatic rings. The fourth-order valence-corrected chi connectivity index (χ4v) is 3.81. The van der Waals surface area contributed by atoms with Gasteiger partial charge in [-0.2, -0.15) is 15.0 Å². The minimum atomic E-state index is 0.206. The maximum Gasteiger partial charge on any atom is 0.232 e. The number of ether oxygens (including phenoxy) is 6. The molecule has 0 saturated carbocycles. The summed E-state index contributed by atoms with van der Waals surface area (Å²) in [5.74, 6) is 1.94. The van der Waals surface area contributed by atoms with Crippen molar-refractivity contribution in [1.82, 2.24) is 15.0 Å². The zero-order valence-corrected chi connectivity index (χ0v) is 19.0. The van der Waals surface area contributed by atoms with Crippen LogP contribution in [0, 0.1) is 0 Å². The van der Waals surface area contributed by atoms with Crippen LogP contribution in [0.5, 0.6) is 0 Å². The predicted molar refractivity (Wildman–Crippen MR) is 117 cm³/mol. The zero-order valence-electron chi connectivity index (χ0n) is 19.0. The van der Waals surface area contributed by atoms with Crippen molar-refractivity contribution in [3.8, 4) is 0 Å². The first kappa shape index (κ1) is 21.7. The highest BCUT2D eigenvalue weighted by Crippen LogP contribution is 2.27. The van der Waals surface area contributed by atoms with Crippen molar-refractivity contribution in [1.29, 1.82) is 0 Å². The molecule has 12 heteroatoms. The molecule has 6 heterocycles. The summed E-state index contributed by atoms with van der Waals surface area (Å²) in [6.45, 7) is 8.80. The smallest absolute Gasteiger partial charge is 0.232 e. The van der Waals surface area contributed by atoms with Crippen molar-refractivity contribution in [2.75, 3.05) is 101 Å². The summed E-state index contributed by atoms with van der Waals surface area (Å²) in [6, 6.07) is 0. The van der Waals surface area contributed by atoms with Crippen LogP contribution in [0.2, 0.25) is 0 Å². The molecule has 6 rings (SSSR count). The van der Waals surface area contributed by atoms with E-state index in [1.165, 1.54) is 0 Å². The second-order valence-corrected chi connectivity index (χ2v) is 9.26. The molecule has 0 radical (unpaired) electrons. The summed E-state index contributed by atoms with van der Waals surface area (Å²) in [4.78, 5) is 21.3. The molecule has 5 atom stereocenters. The van der Waals surface area contributed by atoms with E-state index in [4.69, 9.17) is 43.4 Å². The highest BCUT2D eigenvalue weighted by molar-refractivity contribution is 5.47. The first-order valence-corrected chi connectivity index (χ1v) is 11.8. The molecule has 0 aromatic carbocycles. The summed E-state index contributed by atoms with van der Waals surface area (Å²) in [5, 5.41) is 0.